The normalized spacial score (nSPS) is 11.9. The van der Waals surface area contributed by atoms with E-state index < -0.39 is 23.8 Å². The molecule has 0 aliphatic heterocycles. The smallest absolute Gasteiger partial charge is 0.326 e. The van der Waals surface area contributed by atoms with E-state index >= 15 is 0 Å². The Morgan fingerprint density at radius 3 is 2.54 bits per heavy atom. The lowest BCUT2D eigenvalue weighted by molar-refractivity contribution is -0.141. The molecule has 8 nitrogen and oxygen atoms in total. The minimum Gasteiger partial charge on any atom is -0.480 e. The third-order valence-electron chi connectivity index (χ3n) is 3.66. The minimum atomic E-state index is -1.12. The van der Waals surface area contributed by atoms with Crippen molar-refractivity contribution in [2.45, 2.75) is 31.7 Å². The number of hydroxylamine groups is 1. The molecule has 1 heterocycles. The number of amides is 2. The van der Waals surface area contributed by atoms with Crippen LogP contribution in [0.2, 0.25) is 0 Å². The van der Waals surface area contributed by atoms with E-state index in [2.05, 4.69) is 10.3 Å². The highest BCUT2D eigenvalue weighted by Gasteiger charge is 2.21. The third kappa shape index (κ3) is 4.56. The molecule has 0 saturated heterocycles. The molecule has 8 heteroatoms. The van der Waals surface area contributed by atoms with E-state index in [-0.39, 0.29) is 25.7 Å². The standard InChI is InChI=1S/C16H19N3O5/c20-14(6-3-7-15(21)19-24)18-13(16(22)23)8-10-9-17-12-5-2-1-4-11(10)12/h1-2,4-5,9,13,17,24H,3,6-8H2,(H,18,20)(H,19,21)(H,22,23)/t13-/m0/s1. The number of nitrogens with one attached hydrogen (secondary N) is 3. The maximum Gasteiger partial charge on any atom is 0.326 e. The van der Waals surface area contributed by atoms with Crippen molar-refractivity contribution in [2.75, 3.05) is 0 Å². The second-order valence-electron chi connectivity index (χ2n) is 5.41. The van der Waals surface area contributed by atoms with Crippen LogP contribution in [0, 0.1) is 0 Å². The maximum atomic E-state index is 11.8. The van der Waals surface area contributed by atoms with Gasteiger partial charge in [0.05, 0.1) is 0 Å². The van der Waals surface area contributed by atoms with Crippen molar-refractivity contribution < 1.29 is 24.7 Å². The molecule has 0 fully saturated rings. The Bertz CT molecular complexity index is 740. The number of benzene rings is 1. The predicted octanol–water partition coefficient (Wildman–Crippen LogP) is 0.955. The van der Waals surface area contributed by atoms with Crippen molar-refractivity contribution in [3.8, 4) is 0 Å². The second kappa shape index (κ2) is 8.11. The van der Waals surface area contributed by atoms with Gasteiger partial charge in [-0.05, 0) is 18.1 Å². The minimum absolute atomic E-state index is 0.00504. The zero-order valence-electron chi connectivity index (χ0n) is 12.9. The summed E-state index contributed by atoms with van der Waals surface area (Å²) in [7, 11) is 0. The SMILES string of the molecule is O=C(CCCC(=O)N[C@@H](Cc1c[nH]c2ccccc12)C(=O)O)NO. The Morgan fingerprint density at radius 1 is 1.12 bits per heavy atom. The number of hydrogen-bond acceptors (Lipinski definition) is 4. The summed E-state index contributed by atoms with van der Waals surface area (Å²) < 4.78 is 0. The number of carboxylic acid groups (broad SMARTS) is 1. The summed E-state index contributed by atoms with van der Waals surface area (Å²) in [4.78, 5) is 37.2. The number of rotatable bonds is 8. The summed E-state index contributed by atoms with van der Waals surface area (Å²) in [5, 5.41) is 21.1. The Balaban J connectivity index is 1.96. The van der Waals surface area contributed by atoms with E-state index in [9.17, 15) is 19.5 Å². The fourth-order valence-corrected chi connectivity index (χ4v) is 2.45. The first-order valence-corrected chi connectivity index (χ1v) is 7.51. The van der Waals surface area contributed by atoms with Gasteiger partial charge in [-0.15, -0.1) is 0 Å². The lowest BCUT2D eigenvalue weighted by atomic mass is 10.0. The van der Waals surface area contributed by atoms with Gasteiger partial charge in [0, 0.05) is 36.4 Å². The van der Waals surface area contributed by atoms with Crippen molar-refractivity contribution in [3.05, 3.63) is 36.0 Å². The zero-order chi connectivity index (χ0) is 17.5. The quantitative estimate of drug-likeness (QED) is 0.362. The molecule has 0 aliphatic rings. The zero-order valence-corrected chi connectivity index (χ0v) is 12.9. The van der Waals surface area contributed by atoms with Crippen LogP contribution in [-0.2, 0) is 20.8 Å². The van der Waals surface area contributed by atoms with E-state index in [1.54, 1.807) is 6.20 Å². The molecule has 1 aromatic heterocycles. The first-order valence-electron chi connectivity index (χ1n) is 7.51. The average molecular weight is 333 g/mol. The fourth-order valence-electron chi connectivity index (χ4n) is 2.45. The molecule has 0 bridgehead atoms. The number of carboxylic acids is 1. The van der Waals surface area contributed by atoms with Gasteiger partial charge < -0.3 is 15.4 Å². The number of aliphatic carboxylic acids is 1. The number of fused-ring (bicyclic) bond motifs is 1. The average Bonchev–Trinajstić information content (AvgIpc) is 2.97. The number of aromatic amines is 1. The number of hydrogen-bond donors (Lipinski definition) is 5. The number of H-pyrrole nitrogens is 1. The highest BCUT2D eigenvalue weighted by Crippen LogP contribution is 2.19. The molecular weight excluding hydrogens is 314 g/mol. The third-order valence-corrected chi connectivity index (χ3v) is 3.66. The van der Waals surface area contributed by atoms with E-state index in [1.165, 1.54) is 5.48 Å². The Morgan fingerprint density at radius 2 is 1.83 bits per heavy atom. The van der Waals surface area contributed by atoms with Crippen molar-refractivity contribution in [1.29, 1.82) is 0 Å². The van der Waals surface area contributed by atoms with Crippen molar-refractivity contribution in [3.63, 3.8) is 0 Å². The van der Waals surface area contributed by atoms with Gasteiger partial charge >= 0.3 is 5.97 Å². The molecule has 5 N–H and O–H groups in total. The summed E-state index contributed by atoms with van der Waals surface area (Å²) in [6, 6.07) is 6.46. The van der Waals surface area contributed by atoms with Gasteiger partial charge in [0.1, 0.15) is 6.04 Å². The molecule has 128 valence electrons. The molecule has 0 aliphatic carbocycles. The summed E-state index contributed by atoms with van der Waals surface area (Å²) in [6.07, 6.45) is 2.10. The molecule has 0 saturated carbocycles. The van der Waals surface area contributed by atoms with Gasteiger partial charge in [-0.2, -0.15) is 0 Å². The largest absolute Gasteiger partial charge is 0.480 e. The van der Waals surface area contributed by atoms with Gasteiger partial charge in [-0.1, -0.05) is 18.2 Å². The first kappa shape index (κ1) is 17.5. The van der Waals surface area contributed by atoms with E-state index in [0.29, 0.717) is 0 Å². The van der Waals surface area contributed by atoms with E-state index in [4.69, 9.17) is 5.21 Å². The van der Waals surface area contributed by atoms with Crippen LogP contribution in [0.15, 0.2) is 30.5 Å². The van der Waals surface area contributed by atoms with Gasteiger partial charge in [-0.25, -0.2) is 10.3 Å². The van der Waals surface area contributed by atoms with Gasteiger partial charge in [0.15, 0.2) is 0 Å². The molecule has 2 amide bonds. The number of aromatic nitrogens is 1. The molecule has 0 radical (unpaired) electrons. The van der Waals surface area contributed by atoms with Crippen LogP contribution in [0.25, 0.3) is 10.9 Å². The van der Waals surface area contributed by atoms with Crippen LogP contribution in [0.4, 0.5) is 0 Å². The highest BCUT2D eigenvalue weighted by molar-refractivity contribution is 5.86. The summed E-state index contributed by atoms with van der Waals surface area (Å²) in [5.74, 6) is -2.16. The second-order valence-corrected chi connectivity index (χ2v) is 5.41. The summed E-state index contributed by atoms with van der Waals surface area (Å²) in [6.45, 7) is 0. The summed E-state index contributed by atoms with van der Waals surface area (Å²) in [5.41, 5.74) is 3.18. The van der Waals surface area contributed by atoms with Crippen molar-refractivity contribution in [1.82, 2.24) is 15.8 Å². The highest BCUT2D eigenvalue weighted by atomic mass is 16.5. The number of para-hydroxylation sites is 1. The van der Waals surface area contributed by atoms with Crippen LogP contribution >= 0.6 is 0 Å². The van der Waals surface area contributed by atoms with Gasteiger partial charge in [0.25, 0.3) is 0 Å². The van der Waals surface area contributed by atoms with Crippen LogP contribution in [0.3, 0.4) is 0 Å². The van der Waals surface area contributed by atoms with Gasteiger partial charge in [0.2, 0.25) is 11.8 Å². The molecule has 1 aromatic carbocycles. The Kier molecular flexibility index (Phi) is 5.91. The molecule has 1 atom stereocenters. The van der Waals surface area contributed by atoms with Crippen LogP contribution in [0.5, 0.6) is 0 Å². The topological polar surface area (TPSA) is 132 Å². The maximum absolute atomic E-state index is 11.8. The van der Waals surface area contributed by atoms with Crippen LogP contribution in [0.1, 0.15) is 24.8 Å². The van der Waals surface area contributed by atoms with Crippen molar-refractivity contribution >= 4 is 28.7 Å². The van der Waals surface area contributed by atoms with Gasteiger partial charge in [-0.3, -0.25) is 14.8 Å². The summed E-state index contributed by atoms with van der Waals surface area (Å²) >= 11 is 0. The molecule has 2 rings (SSSR count). The first-order chi connectivity index (χ1) is 11.5. The Hall–Kier alpha value is -2.87. The monoisotopic (exact) mass is 333 g/mol. The Labute approximate surface area is 137 Å². The lowest BCUT2D eigenvalue weighted by Gasteiger charge is -2.14. The number of carbonyl (C=O) groups is 3. The van der Waals surface area contributed by atoms with Crippen molar-refractivity contribution in [2.24, 2.45) is 0 Å². The lowest BCUT2D eigenvalue weighted by Crippen LogP contribution is -2.42. The predicted molar refractivity (Wildman–Crippen MR) is 85.3 cm³/mol. The van der Waals surface area contributed by atoms with Crippen LogP contribution in [-0.4, -0.2) is 39.1 Å². The van der Waals surface area contributed by atoms with E-state index in [0.717, 1.165) is 16.5 Å². The molecule has 0 unspecified atom stereocenters. The van der Waals surface area contributed by atoms with Crippen LogP contribution < -0.4 is 10.8 Å². The fraction of sp³-hybridized carbons (Fsp3) is 0.312. The van der Waals surface area contributed by atoms with E-state index in [1.807, 2.05) is 24.3 Å². The number of carbonyl (C=O) groups excluding carboxylic acids is 2. The molecule has 2 aromatic rings. The molecular formula is C16H19N3O5. The molecule has 24 heavy (non-hydrogen) atoms. The molecule has 0 spiro atoms.